The zero-order valence-electron chi connectivity index (χ0n) is 14.8. The Kier molecular flexibility index (Phi) is 4.95. The second-order valence-corrected chi connectivity index (χ2v) is 9.45. The number of hydrogen-bond acceptors (Lipinski definition) is 4. The molecule has 2 fully saturated rings. The minimum atomic E-state index is -5.08. The fourth-order valence-electron chi connectivity index (χ4n) is 4.39. The van der Waals surface area contributed by atoms with E-state index in [1.165, 1.54) is 6.07 Å². The Labute approximate surface area is 155 Å². The summed E-state index contributed by atoms with van der Waals surface area (Å²) < 4.78 is 65.7. The van der Waals surface area contributed by atoms with Crippen molar-refractivity contribution in [1.82, 2.24) is 0 Å². The molecule has 0 amide bonds. The smallest absolute Gasteiger partial charge is 0.481 e. The first-order valence-corrected chi connectivity index (χ1v) is 10.7. The number of carbonyl (C=O) groups is 1. The van der Waals surface area contributed by atoms with Crippen molar-refractivity contribution in [1.29, 1.82) is 0 Å². The molecule has 9 heteroatoms. The van der Waals surface area contributed by atoms with Crippen LogP contribution in [0.2, 0.25) is 0 Å². The number of alkyl halides is 3. The molecule has 2 atom stereocenters. The van der Waals surface area contributed by atoms with Crippen molar-refractivity contribution in [3.63, 3.8) is 0 Å². The highest BCUT2D eigenvalue weighted by molar-refractivity contribution is 7.90. The number of hydrogen-bond donors (Lipinski definition) is 1. The molecule has 2 aliphatic rings. The molecule has 0 aromatic heterocycles. The summed E-state index contributed by atoms with van der Waals surface area (Å²) >= 11 is 0. The van der Waals surface area contributed by atoms with Crippen LogP contribution in [0, 0.1) is 11.8 Å². The van der Waals surface area contributed by atoms with Gasteiger partial charge in [-0.1, -0.05) is 38.2 Å². The third-order valence-corrected chi connectivity index (χ3v) is 6.84. The molecule has 0 radical (unpaired) electrons. The van der Waals surface area contributed by atoms with Gasteiger partial charge in [-0.05, 0) is 36.0 Å². The number of aliphatic carboxylic acids is 1. The molecule has 27 heavy (non-hydrogen) atoms. The monoisotopic (exact) mass is 406 g/mol. The zero-order chi connectivity index (χ0) is 20.0. The quantitative estimate of drug-likeness (QED) is 0.802. The van der Waals surface area contributed by atoms with Crippen molar-refractivity contribution in [3.8, 4) is 5.75 Å². The van der Waals surface area contributed by atoms with Gasteiger partial charge in [0, 0.05) is 6.26 Å². The van der Waals surface area contributed by atoms with Crippen LogP contribution in [-0.2, 0) is 20.0 Å². The number of ether oxygens (including phenoxy) is 1. The van der Waals surface area contributed by atoms with Gasteiger partial charge in [-0.15, -0.1) is 13.2 Å². The lowest BCUT2D eigenvalue weighted by molar-refractivity contribution is -0.275. The third-order valence-electron chi connectivity index (χ3n) is 5.70. The SMILES string of the molecule is CS(=O)(=O)c1ccc(C2(C(=O)O)CC2C2CCCCC2)cc1OC(F)(F)F. The number of halogens is 3. The molecule has 2 unspecified atom stereocenters. The van der Waals surface area contributed by atoms with E-state index in [1.807, 2.05) is 0 Å². The molecule has 1 N–H and O–H groups in total. The second-order valence-electron chi connectivity index (χ2n) is 7.47. The standard InChI is InChI=1S/C18H21F3O5S/c1-27(24,25)15-8-7-12(9-14(15)26-18(19,20)21)17(16(22)23)10-13(17)11-5-3-2-4-6-11/h7-9,11,13H,2-6,10H2,1H3,(H,22,23). The fourth-order valence-corrected chi connectivity index (χ4v) is 5.17. The number of rotatable bonds is 5. The molecule has 0 spiro atoms. The van der Waals surface area contributed by atoms with Crippen LogP contribution in [0.4, 0.5) is 13.2 Å². The lowest BCUT2D eigenvalue weighted by Gasteiger charge is -2.24. The van der Waals surface area contributed by atoms with E-state index in [1.54, 1.807) is 0 Å². The van der Waals surface area contributed by atoms with E-state index in [0.29, 0.717) is 6.42 Å². The van der Waals surface area contributed by atoms with Crippen LogP contribution in [0.5, 0.6) is 5.75 Å². The lowest BCUT2D eigenvalue weighted by atomic mass is 9.80. The predicted octanol–water partition coefficient (Wildman–Crippen LogP) is 3.91. The topological polar surface area (TPSA) is 80.7 Å². The van der Waals surface area contributed by atoms with Gasteiger partial charge >= 0.3 is 12.3 Å². The van der Waals surface area contributed by atoms with Gasteiger partial charge in [0.05, 0.1) is 5.41 Å². The molecular formula is C18H21F3O5S. The highest BCUT2D eigenvalue weighted by atomic mass is 32.2. The molecule has 150 valence electrons. The number of sulfone groups is 1. The molecule has 3 rings (SSSR count). The van der Waals surface area contributed by atoms with Gasteiger partial charge in [0.2, 0.25) is 0 Å². The summed E-state index contributed by atoms with van der Waals surface area (Å²) in [5, 5.41) is 9.83. The van der Waals surface area contributed by atoms with Crippen molar-refractivity contribution in [2.24, 2.45) is 11.8 Å². The molecule has 5 nitrogen and oxygen atoms in total. The minimum Gasteiger partial charge on any atom is -0.481 e. The number of carboxylic acid groups (broad SMARTS) is 1. The summed E-state index contributed by atoms with van der Waals surface area (Å²) in [5.74, 6) is -1.91. The predicted molar refractivity (Wildman–Crippen MR) is 90.2 cm³/mol. The van der Waals surface area contributed by atoms with Gasteiger partial charge in [0.1, 0.15) is 10.6 Å². The van der Waals surface area contributed by atoms with Gasteiger partial charge < -0.3 is 9.84 Å². The first-order valence-electron chi connectivity index (χ1n) is 8.79. The van der Waals surface area contributed by atoms with Gasteiger partial charge in [-0.3, -0.25) is 4.79 Å². The van der Waals surface area contributed by atoms with Gasteiger partial charge in [0.15, 0.2) is 9.84 Å². The van der Waals surface area contributed by atoms with Crippen molar-refractivity contribution >= 4 is 15.8 Å². The van der Waals surface area contributed by atoms with Crippen LogP contribution >= 0.6 is 0 Å². The molecule has 0 heterocycles. The van der Waals surface area contributed by atoms with Crippen molar-refractivity contribution in [3.05, 3.63) is 23.8 Å². The van der Waals surface area contributed by atoms with Crippen LogP contribution in [0.15, 0.2) is 23.1 Å². The van der Waals surface area contributed by atoms with E-state index >= 15 is 0 Å². The maximum Gasteiger partial charge on any atom is 0.573 e. The lowest BCUT2D eigenvalue weighted by Crippen LogP contribution is -2.27. The Morgan fingerprint density at radius 2 is 1.85 bits per heavy atom. The average molecular weight is 406 g/mol. The molecule has 0 aliphatic heterocycles. The van der Waals surface area contributed by atoms with E-state index in [0.717, 1.165) is 50.5 Å². The van der Waals surface area contributed by atoms with E-state index in [9.17, 15) is 31.5 Å². The van der Waals surface area contributed by atoms with Crippen LogP contribution in [0.25, 0.3) is 0 Å². The molecule has 0 bridgehead atoms. The summed E-state index contributed by atoms with van der Waals surface area (Å²) in [6.07, 6.45) is 1.01. The van der Waals surface area contributed by atoms with Crippen LogP contribution in [-0.4, -0.2) is 32.1 Å². The van der Waals surface area contributed by atoms with Gasteiger partial charge in [0.25, 0.3) is 0 Å². The molecular weight excluding hydrogens is 385 g/mol. The Balaban J connectivity index is 2.02. The van der Waals surface area contributed by atoms with Crippen molar-refractivity contribution < 1.29 is 36.2 Å². The number of benzene rings is 1. The van der Waals surface area contributed by atoms with Crippen LogP contribution in [0.3, 0.4) is 0 Å². The molecule has 1 aromatic carbocycles. The average Bonchev–Trinajstić information content (AvgIpc) is 3.30. The fraction of sp³-hybridized carbons (Fsp3) is 0.611. The Hall–Kier alpha value is -1.77. The van der Waals surface area contributed by atoms with Crippen LogP contribution in [0.1, 0.15) is 44.1 Å². The highest BCUT2D eigenvalue weighted by Crippen LogP contribution is 2.61. The Morgan fingerprint density at radius 3 is 2.37 bits per heavy atom. The van der Waals surface area contributed by atoms with E-state index in [-0.39, 0.29) is 17.4 Å². The normalized spacial score (nSPS) is 26.6. The first kappa shape index (κ1) is 20.0. The van der Waals surface area contributed by atoms with E-state index in [2.05, 4.69) is 4.74 Å². The molecule has 0 saturated heterocycles. The summed E-state index contributed by atoms with van der Waals surface area (Å²) in [5.41, 5.74) is -1.11. The van der Waals surface area contributed by atoms with Gasteiger partial charge in [-0.25, -0.2) is 8.42 Å². The first-order chi connectivity index (χ1) is 12.4. The summed E-state index contributed by atoms with van der Waals surface area (Å²) in [6.45, 7) is 0. The Bertz CT molecular complexity index is 843. The summed E-state index contributed by atoms with van der Waals surface area (Å²) in [4.78, 5) is 11.4. The highest BCUT2D eigenvalue weighted by Gasteiger charge is 2.64. The van der Waals surface area contributed by atoms with E-state index < -0.39 is 38.2 Å². The molecule has 2 saturated carbocycles. The zero-order valence-corrected chi connectivity index (χ0v) is 15.6. The summed E-state index contributed by atoms with van der Waals surface area (Å²) in [6, 6.07) is 3.24. The molecule has 1 aromatic rings. The molecule has 2 aliphatic carbocycles. The van der Waals surface area contributed by atoms with Crippen LogP contribution < -0.4 is 4.74 Å². The Morgan fingerprint density at radius 1 is 1.22 bits per heavy atom. The largest absolute Gasteiger partial charge is 0.573 e. The third kappa shape index (κ3) is 3.93. The van der Waals surface area contributed by atoms with E-state index in [4.69, 9.17) is 0 Å². The van der Waals surface area contributed by atoms with Gasteiger partial charge in [-0.2, -0.15) is 0 Å². The summed E-state index contributed by atoms with van der Waals surface area (Å²) in [7, 11) is -3.97. The van der Waals surface area contributed by atoms with Crippen molar-refractivity contribution in [2.75, 3.05) is 6.26 Å². The maximum absolute atomic E-state index is 12.7. The maximum atomic E-state index is 12.7. The minimum absolute atomic E-state index is 0.155. The van der Waals surface area contributed by atoms with Crippen molar-refractivity contribution in [2.45, 2.75) is 55.2 Å². The second kappa shape index (κ2) is 6.68. The number of carboxylic acids is 1.